The van der Waals surface area contributed by atoms with Gasteiger partial charge in [-0.05, 0) is 54.8 Å². The largest absolute Gasteiger partial charge is 0.370 e. The van der Waals surface area contributed by atoms with E-state index in [1.165, 1.54) is 12.1 Å². The first-order chi connectivity index (χ1) is 16.4. The molecule has 3 aromatic carbocycles. The molecular weight excluding hydrogens is 491 g/mol. The fraction of sp³-hybridized carbons (Fsp3) is 0.160. The van der Waals surface area contributed by atoms with E-state index in [0.29, 0.717) is 16.4 Å². The first-order valence-corrected chi connectivity index (χ1v) is 13.1. The molecule has 0 aliphatic carbocycles. The van der Waals surface area contributed by atoms with Gasteiger partial charge in [-0.2, -0.15) is 5.10 Å². The van der Waals surface area contributed by atoms with Crippen molar-refractivity contribution in [2.75, 3.05) is 22.7 Å². The highest BCUT2D eigenvalue weighted by Gasteiger charge is 2.24. The van der Waals surface area contributed by atoms with Gasteiger partial charge in [0.25, 0.3) is 10.0 Å². The standard InChI is InChI=1S/C25H22Cl2N4O2S/c26-18-9-10-20(27)25(14-18)34(32,33)30-23-15-19-21(11-8-17-6-2-1-3-7-17)28-29-22(19)16-24(23)31-12-4-5-13-31/h1-3,6-11,14-16,30H,4-5,12-13H2,(H,28,29). The van der Waals surface area contributed by atoms with Crippen LogP contribution in [0.25, 0.3) is 23.1 Å². The summed E-state index contributed by atoms with van der Waals surface area (Å²) in [6.45, 7) is 1.71. The Bertz CT molecular complexity index is 1480. The maximum absolute atomic E-state index is 13.3. The van der Waals surface area contributed by atoms with Gasteiger partial charge in [0.2, 0.25) is 0 Å². The Morgan fingerprint density at radius 3 is 2.50 bits per heavy atom. The SMILES string of the molecule is O=S(=O)(Nc1cc2c(C=Cc3ccccc3)n[nH]c2cc1N1CCCC1)c1cc(Cl)ccc1Cl. The Morgan fingerprint density at radius 1 is 0.971 bits per heavy atom. The van der Waals surface area contributed by atoms with E-state index >= 15 is 0 Å². The summed E-state index contributed by atoms with van der Waals surface area (Å²) in [6, 6.07) is 18.1. The molecule has 1 aliphatic heterocycles. The predicted molar refractivity (Wildman–Crippen MR) is 140 cm³/mol. The molecule has 174 valence electrons. The number of aromatic nitrogens is 2. The van der Waals surface area contributed by atoms with Crippen LogP contribution in [-0.2, 0) is 10.0 Å². The lowest BCUT2D eigenvalue weighted by Gasteiger charge is -2.22. The lowest BCUT2D eigenvalue weighted by Crippen LogP contribution is -2.21. The second kappa shape index (κ2) is 9.33. The molecule has 1 aliphatic rings. The summed E-state index contributed by atoms with van der Waals surface area (Å²) in [4.78, 5) is 2.11. The van der Waals surface area contributed by atoms with Gasteiger partial charge >= 0.3 is 0 Å². The maximum atomic E-state index is 13.3. The Balaban J connectivity index is 1.59. The number of hydrogen-bond donors (Lipinski definition) is 2. The molecule has 0 atom stereocenters. The molecule has 4 aromatic rings. The van der Waals surface area contributed by atoms with Gasteiger partial charge < -0.3 is 4.90 Å². The van der Waals surface area contributed by atoms with Crippen molar-refractivity contribution in [3.63, 3.8) is 0 Å². The molecule has 0 spiro atoms. The van der Waals surface area contributed by atoms with Crippen molar-refractivity contribution in [1.82, 2.24) is 10.2 Å². The number of nitrogens with zero attached hydrogens (tertiary/aromatic N) is 2. The third-order valence-electron chi connectivity index (χ3n) is 5.82. The summed E-state index contributed by atoms with van der Waals surface area (Å²) >= 11 is 12.3. The Labute approximate surface area is 208 Å². The number of rotatable bonds is 6. The monoisotopic (exact) mass is 512 g/mol. The summed E-state index contributed by atoms with van der Waals surface area (Å²) in [5.41, 5.74) is 3.87. The van der Waals surface area contributed by atoms with Crippen molar-refractivity contribution in [3.8, 4) is 0 Å². The van der Waals surface area contributed by atoms with E-state index < -0.39 is 10.0 Å². The number of aromatic amines is 1. The number of hydrogen-bond acceptors (Lipinski definition) is 4. The van der Waals surface area contributed by atoms with E-state index in [2.05, 4.69) is 19.8 Å². The van der Waals surface area contributed by atoms with Crippen LogP contribution < -0.4 is 9.62 Å². The zero-order valence-corrected chi connectivity index (χ0v) is 20.5. The van der Waals surface area contributed by atoms with Gasteiger partial charge in [0, 0.05) is 23.5 Å². The summed E-state index contributed by atoms with van der Waals surface area (Å²) in [6.07, 6.45) is 5.99. The van der Waals surface area contributed by atoms with Crippen LogP contribution >= 0.6 is 23.2 Å². The summed E-state index contributed by atoms with van der Waals surface area (Å²) in [5, 5.41) is 8.75. The van der Waals surface area contributed by atoms with E-state index in [0.717, 1.165) is 48.1 Å². The van der Waals surface area contributed by atoms with Crippen molar-refractivity contribution < 1.29 is 8.42 Å². The summed E-state index contributed by atoms with van der Waals surface area (Å²) in [7, 11) is -3.98. The Kier molecular flexibility index (Phi) is 6.25. The van der Waals surface area contributed by atoms with Crippen LogP contribution in [0.3, 0.4) is 0 Å². The highest BCUT2D eigenvalue weighted by atomic mass is 35.5. The van der Waals surface area contributed by atoms with Crippen LogP contribution in [0.15, 0.2) is 65.6 Å². The molecule has 1 fully saturated rings. The first-order valence-electron chi connectivity index (χ1n) is 10.9. The minimum atomic E-state index is -3.98. The van der Waals surface area contributed by atoms with Gasteiger partial charge in [-0.1, -0.05) is 59.6 Å². The Morgan fingerprint density at radius 2 is 1.74 bits per heavy atom. The highest BCUT2D eigenvalue weighted by Crippen LogP contribution is 2.36. The van der Waals surface area contributed by atoms with Crippen molar-refractivity contribution in [2.45, 2.75) is 17.7 Å². The molecule has 6 nitrogen and oxygen atoms in total. The van der Waals surface area contributed by atoms with E-state index in [1.54, 1.807) is 6.07 Å². The van der Waals surface area contributed by atoms with Crippen LogP contribution in [0.2, 0.25) is 10.0 Å². The van der Waals surface area contributed by atoms with Crippen molar-refractivity contribution >= 4 is 67.7 Å². The number of fused-ring (bicyclic) bond motifs is 1. The third-order valence-corrected chi connectivity index (χ3v) is 7.90. The van der Waals surface area contributed by atoms with Crippen LogP contribution in [0.1, 0.15) is 24.1 Å². The zero-order valence-electron chi connectivity index (χ0n) is 18.1. The third kappa shape index (κ3) is 4.64. The summed E-state index contributed by atoms with van der Waals surface area (Å²) < 4.78 is 29.4. The fourth-order valence-electron chi connectivity index (χ4n) is 4.12. The highest BCUT2D eigenvalue weighted by molar-refractivity contribution is 7.92. The normalized spacial score (nSPS) is 14.4. The van der Waals surface area contributed by atoms with Crippen LogP contribution in [0.4, 0.5) is 11.4 Å². The van der Waals surface area contributed by atoms with Gasteiger partial charge in [0.1, 0.15) is 4.90 Å². The minimum Gasteiger partial charge on any atom is -0.370 e. The van der Waals surface area contributed by atoms with Crippen molar-refractivity contribution in [2.24, 2.45) is 0 Å². The second-order valence-corrected chi connectivity index (χ2v) is 10.6. The van der Waals surface area contributed by atoms with Gasteiger partial charge in [0.05, 0.1) is 27.6 Å². The number of halogens is 2. The first kappa shape index (κ1) is 22.8. The number of H-pyrrole nitrogens is 1. The average Bonchev–Trinajstić information content (AvgIpc) is 3.49. The molecule has 1 saturated heterocycles. The summed E-state index contributed by atoms with van der Waals surface area (Å²) in [5.74, 6) is 0. The lowest BCUT2D eigenvalue weighted by molar-refractivity contribution is 0.601. The lowest BCUT2D eigenvalue weighted by atomic mass is 10.1. The number of nitrogens with one attached hydrogen (secondary N) is 2. The van der Waals surface area contributed by atoms with E-state index in [4.69, 9.17) is 23.2 Å². The molecule has 2 heterocycles. The van der Waals surface area contributed by atoms with E-state index in [-0.39, 0.29) is 9.92 Å². The smallest absolute Gasteiger partial charge is 0.263 e. The van der Waals surface area contributed by atoms with Gasteiger partial charge in [-0.15, -0.1) is 0 Å². The van der Waals surface area contributed by atoms with Gasteiger partial charge in [0.15, 0.2) is 0 Å². The molecule has 1 aromatic heterocycles. The molecule has 0 bridgehead atoms. The molecule has 0 radical (unpaired) electrons. The van der Waals surface area contributed by atoms with Crippen LogP contribution in [0.5, 0.6) is 0 Å². The van der Waals surface area contributed by atoms with Crippen LogP contribution in [-0.4, -0.2) is 31.7 Å². The van der Waals surface area contributed by atoms with Crippen molar-refractivity contribution in [1.29, 1.82) is 0 Å². The van der Waals surface area contributed by atoms with Gasteiger partial charge in [-0.25, -0.2) is 8.42 Å². The molecular formula is C25H22Cl2N4O2S. The fourth-order valence-corrected chi connectivity index (χ4v) is 5.95. The van der Waals surface area contributed by atoms with Gasteiger partial charge in [-0.3, -0.25) is 9.82 Å². The predicted octanol–water partition coefficient (Wildman–Crippen LogP) is 6.44. The van der Waals surface area contributed by atoms with Crippen LogP contribution in [0, 0.1) is 0 Å². The topological polar surface area (TPSA) is 78.1 Å². The van der Waals surface area contributed by atoms with E-state index in [9.17, 15) is 8.42 Å². The second-order valence-electron chi connectivity index (χ2n) is 8.14. The average molecular weight is 513 g/mol. The number of anilines is 2. The quantitative estimate of drug-likeness (QED) is 0.311. The Hall–Kier alpha value is -3.00. The molecule has 5 rings (SSSR count). The van der Waals surface area contributed by atoms with E-state index in [1.807, 2.05) is 54.6 Å². The molecule has 2 N–H and O–H groups in total. The number of benzene rings is 3. The molecule has 9 heteroatoms. The molecule has 34 heavy (non-hydrogen) atoms. The number of sulfonamides is 1. The molecule has 0 unspecified atom stereocenters. The zero-order chi connectivity index (χ0) is 23.7. The maximum Gasteiger partial charge on any atom is 0.263 e. The van der Waals surface area contributed by atoms with Crippen molar-refractivity contribution in [3.05, 3.63) is 82.0 Å². The minimum absolute atomic E-state index is 0.0643. The molecule has 0 saturated carbocycles. The molecule has 0 amide bonds.